The third kappa shape index (κ3) is 4.49. The number of aromatic nitrogens is 2. The molecule has 0 saturated heterocycles. The Balaban J connectivity index is 1.88. The fourth-order valence-corrected chi connectivity index (χ4v) is 4.17. The van der Waals surface area contributed by atoms with Crippen LogP contribution in [0.1, 0.15) is 35.7 Å². The van der Waals surface area contributed by atoms with Crippen LogP contribution in [0.15, 0.2) is 35.4 Å². The van der Waals surface area contributed by atoms with Crippen molar-refractivity contribution in [3.63, 3.8) is 0 Å². The Bertz CT molecular complexity index is 1120. The number of carbonyl (C=O) groups excluding carboxylic acids is 1. The second-order valence-electron chi connectivity index (χ2n) is 7.10. The summed E-state index contributed by atoms with van der Waals surface area (Å²) in [5.41, 5.74) is 0.114. The molecule has 1 heterocycles. The monoisotopic (exact) mass is 457 g/mol. The molecule has 1 aromatic carbocycles. The van der Waals surface area contributed by atoms with Gasteiger partial charge in [0.2, 0.25) is 0 Å². The number of sulfone groups is 1. The second-order valence-corrected chi connectivity index (χ2v) is 9.05. The number of amides is 1. The van der Waals surface area contributed by atoms with E-state index in [1.54, 1.807) is 0 Å². The summed E-state index contributed by atoms with van der Waals surface area (Å²) in [4.78, 5) is 10.9. The number of hydrogen-bond acceptors (Lipinski definition) is 7. The Hall–Kier alpha value is -3.11. The van der Waals surface area contributed by atoms with Gasteiger partial charge >= 0.3 is 5.51 Å². The van der Waals surface area contributed by atoms with E-state index in [4.69, 9.17) is 5.73 Å². The standard InChI is InChI=1S/C18H18F3N5O4S/c19-18(20,21)31(29,30)13-4-1-11(2-5-13)24-17-14(16(23)28)9-26(25-17)15-6-3-12(27)7-10(15)8-22/h1-2,4-5,9-10,12,15,27H,3,6-7H2,(H2,23,28)(H,24,25)/t10?,12-,15+/m1/s1. The SMILES string of the molecule is N#CC1C[C@H](O)CC[C@@H]1n1cc(C(N)=O)c(Nc2ccc(S(=O)(=O)C(F)(F)F)cc2)n1. The van der Waals surface area contributed by atoms with Crippen LogP contribution in [0.2, 0.25) is 0 Å². The maximum atomic E-state index is 12.7. The van der Waals surface area contributed by atoms with Gasteiger partial charge in [-0.05, 0) is 43.5 Å². The lowest BCUT2D eigenvalue weighted by atomic mass is 9.84. The molecule has 2 aromatic rings. The number of anilines is 2. The molecule has 0 aliphatic heterocycles. The Labute approximate surface area is 175 Å². The van der Waals surface area contributed by atoms with Crippen molar-refractivity contribution in [2.45, 2.75) is 41.8 Å². The Morgan fingerprint density at radius 2 is 1.94 bits per heavy atom. The third-order valence-corrected chi connectivity index (χ3v) is 6.52. The number of primary amides is 1. The maximum Gasteiger partial charge on any atom is 0.501 e. The van der Waals surface area contributed by atoms with Gasteiger partial charge < -0.3 is 16.2 Å². The molecule has 1 amide bonds. The highest BCUT2D eigenvalue weighted by Crippen LogP contribution is 2.35. The number of halogens is 3. The number of hydrogen-bond donors (Lipinski definition) is 3. The highest BCUT2D eigenvalue weighted by atomic mass is 32.2. The molecule has 166 valence electrons. The summed E-state index contributed by atoms with van der Waals surface area (Å²) in [6.07, 6.45) is 1.91. The second kappa shape index (κ2) is 8.20. The molecule has 1 aliphatic rings. The van der Waals surface area contributed by atoms with Crippen LogP contribution >= 0.6 is 0 Å². The van der Waals surface area contributed by atoms with E-state index in [2.05, 4.69) is 16.5 Å². The van der Waals surface area contributed by atoms with Crippen LogP contribution in [0, 0.1) is 17.2 Å². The van der Waals surface area contributed by atoms with E-state index in [0.29, 0.717) is 12.8 Å². The average Bonchev–Trinajstić information content (AvgIpc) is 3.11. The molecule has 3 atom stereocenters. The van der Waals surface area contributed by atoms with Crippen molar-refractivity contribution < 1.29 is 31.5 Å². The van der Waals surface area contributed by atoms with Crippen molar-refractivity contribution >= 4 is 27.2 Å². The maximum absolute atomic E-state index is 12.7. The number of carbonyl (C=O) groups is 1. The normalized spacial score (nSPS) is 22.0. The molecule has 3 rings (SSSR count). The summed E-state index contributed by atoms with van der Waals surface area (Å²) < 4.78 is 62.3. The quantitative estimate of drug-likeness (QED) is 0.623. The minimum atomic E-state index is -5.48. The summed E-state index contributed by atoms with van der Waals surface area (Å²) in [5, 5.41) is 26.1. The van der Waals surface area contributed by atoms with Gasteiger partial charge in [-0.2, -0.15) is 23.5 Å². The van der Waals surface area contributed by atoms with Crippen LogP contribution in [0.5, 0.6) is 0 Å². The summed E-state index contributed by atoms with van der Waals surface area (Å²) in [7, 11) is -5.48. The number of nitrogens with one attached hydrogen (secondary N) is 1. The fraction of sp³-hybridized carbons (Fsp3) is 0.389. The average molecular weight is 457 g/mol. The first kappa shape index (κ1) is 22.6. The highest BCUT2D eigenvalue weighted by Gasteiger charge is 2.46. The van der Waals surface area contributed by atoms with E-state index in [-0.39, 0.29) is 23.5 Å². The molecule has 4 N–H and O–H groups in total. The largest absolute Gasteiger partial charge is 0.501 e. The zero-order chi connectivity index (χ0) is 23.0. The Morgan fingerprint density at radius 3 is 2.48 bits per heavy atom. The first-order valence-electron chi connectivity index (χ1n) is 9.09. The Morgan fingerprint density at radius 1 is 1.29 bits per heavy atom. The third-order valence-electron chi connectivity index (χ3n) is 5.02. The molecular formula is C18H18F3N5O4S. The zero-order valence-electron chi connectivity index (χ0n) is 15.9. The lowest BCUT2D eigenvalue weighted by molar-refractivity contribution is -0.0436. The number of nitrogens with zero attached hydrogens (tertiary/aromatic N) is 3. The molecule has 1 saturated carbocycles. The number of aliphatic hydroxyl groups is 1. The molecule has 9 nitrogen and oxygen atoms in total. The van der Waals surface area contributed by atoms with E-state index < -0.39 is 44.2 Å². The van der Waals surface area contributed by atoms with Crippen molar-refractivity contribution in [1.82, 2.24) is 9.78 Å². The van der Waals surface area contributed by atoms with Gasteiger partial charge in [0.05, 0.1) is 29.0 Å². The van der Waals surface area contributed by atoms with Gasteiger partial charge in [0.25, 0.3) is 15.7 Å². The number of alkyl halides is 3. The lowest BCUT2D eigenvalue weighted by Crippen LogP contribution is -2.29. The van der Waals surface area contributed by atoms with Crippen molar-refractivity contribution in [2.75, 3.05) is 5.32 Å². The molecule has 1 fully saturated rings. The lowest BCUT2D eigenvalue weighted by Gasteiger charge is -2.30. The minimum Gasteiger partial charge on any atom is -0.393 e. The Kier molecular flexibility index (Phi) is 5.97. The molecule has 0 bridgehead atoms. The number of rotatable bonds is 5. The van der Waals surface area contributed by atoms with Gasteiger partial charge in [-0.3, -0.25) is 9.48 Å². The van der Waals surface area contributed by atoms with Crippen LogP contribution in [-0.2, 0) is 9.84 Å². The van der Waals surface area contributed by atoms with E-state index >= 15 is 0 Å². The van der Waals surface area contributed by atoms with Crippen molar-refractivity contribution in [2.24, 2.45) is 11.7 Å². The highest BCUT2D eigenvalue weighted by molar-refractivity contribution is 7.92. The number of aliphatic hydroxyl groups excluding tert-OH is 1. The zero-order valence-corrected chi connectivity index (χ0v) is 16.7. The van der Waals surface area contributed by atoms with Gasteiger partial charge in [0.1, 0.15) is 5.56 Å². The molecule has 31 heavy (non-hydrogen) atoms. The fourth-order valence-electron chi connectivity index (χ4n) is 3.41. The molecule has 13 heteroatoms. The van der Waals surface area contributed by atoms with Gasteiger partial charge in [0, 0.05) is 11.9 Å². The van der Waals surface area contributed by atoms with Crippen LogP contribution in [0.3, 0.4) is 0 Å². The van der Waals surface area contributed by atoms with Gasteiger partial charge in [-0.15, -0.1) is 0 Å². The molecule has 1 unspecified atom stereocenters. The van der Waals surface area contributed by atoms with Crippen molar-refractivity contribution in [3.8, 4) is 6.07 Å². The predicted molar refractivity (Wildman–Crippen MR) is 102 cm³/mol. The predicted octanol–water partition coefficient (Wildman–Crippen LogP) is 2.24. The van der Waals surface area contributed by atoms with E-state index in [9.17, 15) is 36.8 Å². The molecular weight excluding hydrogens is 439 g/mol. The smallest absolute Gasteiger partial charge is 0.393 e. The molecule has 1 aromatic heterocycles. The topological polar surface area (TPSA) is 151 Å². The van der Waals surface area contributed by atoms with E-state index in [0.717, 1.165) is 24.3 Å². The van der Waals surface area contributed by atoms with E-state index in [1.165, 1.54) is 10.9 Å². The summed E-state index contributed by atoms with van der Waals surface area (Å²) in [6, 6.07) is 5.46. The first-order chi connectivity index (χ1) is 14.4. The van der Waals surface area contributed by atoms with Crippen LogP contribution < -0.4 is 11.1 Å². The molecule has 0 radical (unpaired) electrons. The number of nitriles is 1. The minimum absolute atomic E-state index is 0.00161. The summed E-state index contributed by atoms with van der Waals surface area (Å²) in [6.45, 7) is 0. The van der Waals surface area contributed by atoms with Crippen molar-refractivity contribution in [1.29, 1.82) is 5.26 Å². The van der Waals surface area contributed by atoms with E-state index in [1.807, 2.05) is 0 Å². The number of nitrogens with two attached hydrogens (primary N) is 1. The van der Waals surface area contributed by atoms with Crippen LogP contribution in [0.25, 0.3) is 0 Å². The van der Waals surface area contributed by atoms with Gasteiger partial charge in [0.15, 0.2) is 5.82 Å². The van der Waals surface area contributed by atoms with Crippen molar-refractivity contribution in [3.05, 3.63) is 36.0 Å². The van der Waals surface area contributed by atoms with Crippen LogP contribution in [-0.4, -0.2) is 40.8 Å². The molecule has 0 spiro atoms. The first-order valence-corrected chi connectivity index (χ1v) is 10.6. The van der Waals surface area contributed by atoms with Gasteiger partial charge in [-0.25, -0.2) is 8.42 Å². The summed E-state index contributed by atoms with van der Waals surface area (Å²) >= 11 is 0. The summed E-state index contributed by atoms with van der Waals surface area (Å²) in [5.74, 6) is -1.36. The molecule has 1 aliphatic carbocycles. The van der Waals surface area contributed by atoms with Crippen LogP contribution in [0.4, 0.5) is 24.7 Å². The van der Waals surface area contributed by atoms with Gasteiger partial charge in [-0.1, -0.05) is 0 Å². The number of benzene rings is 1.